The first-order chi connectivity index (χ1) is 11.5. The molecule has 1 fully saturated rings. The van der Waals surface area contributed by atoms with Gasteiger partial charge in [-0.05, 0) is 44.4 Å². The average Bonchev–Trinajstić information content (AvgIpc) is 2.60. The van der Waals surface area contributed by atoms with Crippen LogP contribution < -0.4 is 9.80 Å². The number of rotatable bonds is 4. The number of nitrogens with zero attached hydrogens (tertiary/aromatic N) is 2. The van der Waals surface area contributed by atoms with Crippen LogP contribution in [0.15, 0.2) is 18.2 Å². The van der Waals surface area contributed by atoms with Gasteiger partial charge in [-0.25, -0.2) is 0 Å². The highest BCUT2D eigenvalue weighted by Gasteiger charge is 2.49. The second-order valence-electron chi connectivity index (χ2n) is 7.22. The van der Waals surface area contributed by atoms with E-state index in [2.05, 4.69) is 11.8 Å². The summed E-state index contributed by atoms with van der Waals surface area (Å²) in [4.78, 5) is 29.4. The number of Topliss-reactive ketones (excluding diaryl/α,β-unsaturated/α-hetero) is 1. The lowest BCUT2D eigenvalue weighted by Crippen LogP contribution is -2.63. The zero-order valence-corrected chi connectivity index (χ0v) is 15.1. The van der Waals surface area contributed by atoms with Crippen molar-refractivity contribution < 1.29 is 9.59 Å². The number of ketones is 1. The number of likely N-dealkylation sites (N-methyl/N-ethyl adjacent to an activating group) is 1. The molecule has 3 rings (SSSR count). The maximum atomic E-state index is 13.5. The van der Waals surface area contributed by atoms with Crippen molar-refractivity contribution in [3.05, 3.63) is 23.8 Å². The predicted molar refractivity (Wildman–Crippen MR) is 97.9 cm³/mol. The van der Waals surface area contributed by atoms with E-state index in [0.717, 1.165) is 56.4 Å². The first kappa shape index (κ1) is 17.0. The Balaban J connectivity index is 2.10. The maximum absolute atomic E-state index is 13.5. The van der Waals surface area contributed by atoms with Gasteiger partial charge >= 0.3 is 0 Å². The van der Waals surface area contributed by atoms with Crippen LogP contribution in [0, 0.1) is 0 Å². The van der Waals surface area contributed by atoms with Crippen molar-refractivity contribution in [2.24, 2.45) is 0 Å². The van der Waals surface area contributed by atoms with Crippen molar-refractivity contribution in [1.82, 2.24) is 0 Å². The minimum Gasteiger partial charge on any atom is -0.358 e. The Bertz CT molecular complexity index is 647. The van der Waals surface area contributed by atoms with Crippen LogP contribution >= 0.6 is 0 Å². The van der Waals surface area contributed by atoms with Gasteiger partial charge in [0.1, 0.15) is 5.54 Å². The number of hydrogen-bond donors (Lipinski definition) is 0. The van der Waals surface area contributed by atoms with E-state index in [1.54, 1.807) is 6.92 Å². The molecule has 1 amide bonds. The van der Waals surface area contributed by atoms with Gasteiger partial charge in [-0.15, -0.1) is 0 Å². The normalized spacial score (nSPS) is 19.5. The fourth-order valence-electron chi connectivity index (χ4n) is 4.20. The van der Waals surface area contributed by atoms with Crippen LogP contribution in [-0.4, -0.2) is 30.8 Å². The molecule has 1 aliphatic carbocycles. The Morgan fingerprint density at radius 2 is 1.88 bits per heavy atom. The number of hydrogen-bond acceptors (Lipinski definition) is 3. The highest BCUT2D eigenvalue weighted by Crippen LogP contribution is 2.46. The van der Waals surface area contributed by atoms with Crippen molar-refractivity contribution in [2.75, 3.05) is 23.4 Å². The van der Waals surface area contributed by atoms with Gasteiger partial charge in [0.2, 0.25) is 0 Å². The molecule has 0 atom stereocenters. The molecule has 0 radical (unpaired) electrons. The zero-order valence-electron chi connectivity index (χ0n) is 15.1. The molecule has 0 N–H and O–H groups in total. The summed E-state index contributed by atoms with van der Waals surface area (Å²) >= 11 is 0. The molecule has 4 heteroatoms. The number of unbranched alkanes of at least 4 members (excludes halogenated alkanes) is 1. The number of carbonyl (C=O) groups is 2. The molecular weight excluding hydrogens is 300 g/mol. The van der Waals surface area contributed by atoms with Crippen molar-refractivity contribution >= 4 is 23.1 Å². The van der Waals surface area contributed by atoms with E-state index in [1.165, 1.54) is 6.42 Å². The van der Waals surface area contributed by atoms with Gasteiger partial charge in [-0.3, -0.25) is 9.59 Å². The van der Waals surface area contributed by atoms with Gasteiger partial charge in [-0.1, -0.05) is 32.6 Å². The molecule has 2 aliphatic rings. The van der Waals surface area contributed by atoms with Crippen LogP contribution in [0.3, 0.4) is 0 Å². The first-order valence-electron chi connectivity index (χ1n) is 9.22. The summed E-state index contributed by atoms with van der Waals surface area (Å²) in [6, 6.07) is 5.81. The molecule has 130 valence electrons. The highest BCUT2D eigenvalue weighted by atomic mass is 16.2. The van der Waals surface area contributed by atoms with E-state index < -0.39 is 5.54 Å². The first-order valence-corrected chi connectivity index (χ1v) is 9.22. The summed E-state index contributed by atoms with van der Waals surface area (Å²) in [6.07, 6.45) is 7.33. The molecule has 0 bridgehead atoms. The zero-order chi connectivity index (χ0) is 17.3. The Morgan fingerprint density at radius 3 is 2.50 bits per heavy atom. The van der Waals surface area contributed by atoms with Gasteiger partial charge < -0.3 is 9.80 Å². The van der Waals surface area contributed by atoms with Crippen molar-refractivity contribution in [3.8, 4) is 0 Å². The SMILES string of the molecule is CCCCN1C(=O)C2(CCCCC2)N(C)c2ccc(C(C)=O)cc21. The van der Waals surface area contributed by atoms with Crippen molar-refractivity contribution in [2.45, 2.75) is 64.3 Å². The second-order valence-corrected chi connectivity index (χ2v) is 7.22. The molecule has 1 heterocycles. The van der Waals surface area contributed by atoms with Crippen LogP contribution in [0.2, 0.25) is 0 Å². The summed E-state index contributed by atoms with van der Waals surface area (Å²) in [5, 5.41) is 0. The summed E-state index contributed by atoms with van der Waals surface area (Å²) in [5.74, 6) is 0.271. The molecule has 0 aromatic heterocycles. The molecule has 4 nitrogen and oxygen atoms in total. The monoisotopic (exact) mass is 328 g/mol. The molecule has 1 spiro atoms. The Kier molecular flexibility index (Phi) is 4.66. The third kappa shape index (κ3) is 2.62. The Labute approximate surface area is 144 Å². The van der Waals surface area contributed by atoms with Gasteiger partial charge in [0.25, 0.3) is 5.91 Å². The van der Waals surface area contributed by atoms with Crippen LogP contribution in [0.4, 0.5) is 11.4 Å². The smallest absolute Gasteiger partial charge is 0.252 e. The molecule has 24 heavy (non-hydrogen) atoms. The quantitative estimate of drug-likeness (QED) is 0.779. The predicted octanol–water partition coefficient (Wildman–Crippen LogP) is 4.18. The Morgan fingerprint density at radius 1 is 1.17 bits per heavy atom. The van der Waals surface area contributed by atoms with Crippen LogP contribution in [0.1, 0.15) is 69.2 Å². The molecule has 1 saturated carbocycles. The summed E-state index contributed by atoms with van der Waals surface area (Å²) < 4.78 is 0. The standard InChI is InChI=1S/C20H28N2O2/c1-4-5-13-22-18-14-16(15(2)23)9-10-17(18)21(3)20(19(22)24)11-7-6-8-12-20/h9-10,14H,4-8,11-13H2,1-3H3. The van der Waals surface area contributed by atoms with Gasteiger partial charge in [-0.2, -0.15) is 0 Å². The molecule has 1 aliphatic heterocycles. The molecule has 1 aromatic rings. The second kappa shape index (κ2) is 6.58. The van der Waals surface area contributed by atoms with Crippen LogP contribution in [-0.2, 0) is 4.79 Å². The third-order valence-corrected chi connectivity index (χ3v) is 5.74. The van der Waals surface area contributed by atoms with E-state index in [-0.39, 0.29) is 11.7 Å². The van der Waals surface area contributed by atoms with E-state index in [9.17, 15) is 9.59 Å². The van der Waals surface area contributed by atoms with E-state index in [4.69, 9.17) is 0 Å². The minimum absolute atomic E-state index is 0.0429. The number of fused-ring (bicyclic) bond motifs is 1. The van der Waals surface area contributed by atoms with Gasteiger partial charge in [0.15, 0.2) is 5.78 Å². The lowest BCUT2D eigenvalue weighted by atomic mass is 9.77. The van der Waals surface area contributed by atoms with E-state index in [1.807, 2.05) is 30.1 Å². The number of carbonyl (C=O) groups excluding carboxylic acids is 2. The number of anilines is 2. The highest BCUT2D eigenvalue weighted by molar-refractivity contribution is 6.09. The maximum Gasteiger partial charge on any atom is 0.252 e. The lowest BCUT2D eigenvalue weighted by molar-refractivity contribution is -0.125. The largest absolute Gasteiger partial charge is 0.358 e. The summed E-state index contributed by atoms with van der Waals surface area (Å²) in [5.41, 5.74) is 2.27. The van der Waals surface area contributed by atoms with E-state index >= 15 is 0 Å². The van der Waals surface area contributed by atoms with Gasteiger partial charge in [0, 0.05) is 19.2 Å². The molecule has 1 aromatic carbocycles. The van der Waals surface area contributed by atoms with Gasteiger partial charge in [0.05, 0.1) is 11.4 Å². The van der Waals surface area contributed by atoms with E-state index in [0.29, 0.717) is 5.56 Å². The van der Waals surface area contributed by atoms with Crippen LogP contribution in [0.5, 0.6) is 0 Å². The topological polar surface area (TPSA) is 40.6 Å². The fourth-order valence-corrected chi connectivity index (χ4v) is 4.20. The lowest BCUT2D eigenvalue weighted by Gasteiger charge is -2.51. The fraction of sp³-hybridized carbons (Fsp3) is 0.600. The minimum atomic E-state index is -0.392. The molecular formula is C20H28N2O2. The Hall–Kier alpha value is -1.84. The van der Waals surface area contributed by atoms with Crippen LogP contribution in [0.25, 0.3) is 0 Å². The van der Waals surface area contributed by atoms with Crippen molar-refractivity contribution in [1.29, 1.82) is 0 Å². The summed E-state index contributed by atoms with van der Waals surface area (Å²) in [6.45, 7) is 4.46. The average molecular weight is 328 g/mol. The molecule has 0 unspecified atom stereocenters. The third-order valence-electron chi connectivity index (χ3n) is 5.74. The summed E-state index contributed by atoms with van der Waals surface area (Å²) in [7, 11) is 2.05. The number of amides is 1. The van der Waals surface area contributed by atoms with Crippen molar-refractivity contribution in [3.63, 3.8) is 0 Å². The number of benzene rings is 1. The molecule has 0 saturated heterocycles.